The van der Waals surface area contributed by atoms with Crippen LogP contribution in [-0.2, 0) is 5.41 Å². The summed E-state index contributed by atoms with van der Waals surface area (Å²) in [6.07, 6.45) is 0. The fourth-order valence-corrected chi connectivity index (χ4v) is 8.36. The van der Waals surface area contributed by atoms with Crippen molar-refractivity contribution in [3.8, 4) is 56.2 Å². The first-order valence-electron chi connectivity index (χ1n) is 15.8. The van der Waals surface area contributed by atoms with Gasteiger partial charge in [0.05, 0.1) is 11.4 Å². The van der Waals surface area contributed by atoms with Crippen LogP contribution in [0, 0.1) is 0 Å². The summed E-state index contributed by atoms with van der Waals surface area (Å²) >= 11 is 1.85. The van der Waals surface area contributed by atoms with E-state index in [1.165, 1.54) is 53.6 Å². The molecule has 8 aromatic rings. The molecule has 3 heteroatoms. The Morgan fingerprint density at radius 3 is 1.83 bits per heavy atom. The SMILES string of the molecule is CC1(C)c2ccccc2-c2ccc(-c3c(-c4nc(-c5ccccc5)cc(-c5ccccc5)n4)ccc4sc5ccccc5c34)cc21. The molecule has 218 valence electrons. The maximum Gasteiger partial charge on any atom is 0.161 e. The fourth-order valence-electron chi connectivity index (χ4n) is 7.24. The zero-order valence-electron chi connectivity index (χ0n) is 25.7. The Labute approximate surface area is 272 Å². The van der Waals surface area contributed by atoms with Gasteiger partial charge in [-0.05, 0) is 58.1 Å². The number of hydrogen-bond donors (Lipinski definition) is 0. The van der Waals surface area contributed by atoms with Gasteiger partial charge >= 0.3 is 0 Å². The Balaban J connectivity index is 1.35. The van der Waals surface area contributed by atoms with Crippen molar-refractivity contribution in [3.63, 3.8) is 0 Å². The van der Waals surface area contributed by atoms with Crippen LogP contribution in [0.5, 0.6) is 0 Å². The van der Waals surface area contributed by atoms with E-state index in [4.69, 9.17) is 9.97 Å². The predicted octanol–water partition coefficient (Wildman–Crippen LogP) is 11.8. The number of benzene rings is 6. The average Bonchev–Trinajstić information content (AvgIpc) is 3.60. The van der Waals surface area contributed by atoms with E-state index in [1.807, 2.05) is 23.5 Å². The first kappa shape index (κ1) is 27.0. The van der Waals surface area contributed by atoms with Gasteiger partial charge in [0.2, 0.25) is 0 Å². The molecule has 0 radical (unpaired) electrons. The summed E-state index contributed by atoms with van der Waals surface area (Å²) in [5, 5.41) is 2.53. The van der Waals surface area contributed by atoms with Crippen molar-refractivity contribution < 1.29 is 0 Å². The van der Waals surface area contributed by atoms with Crippen molar-refractivity contribution in [1.29, 1.82) is 0 Å². The van der Waals surface area contributed by atoms with Gasteiger partial charge in [0.15, 0.2) is 5.82 Å². The van der Waals surface area contributed by atoms with Crippen molar-refractivity contribution in [2.45, 2.75) is 19.3 Å². The van der Waals surface area contributed by atoms with Crippen molar-refractivity contribution in [2.24, 2.45) is 0 Å². The van der Waals surface area contributed by atoms with Gasteiger partial charge in [-0.3, -0.25) is 0 Å². The lowest BCUT2D eigenvalue weighted by molar-refractivity contribution is 0.660. The van der Waals surface area contributed by atoms with Crippen LogP contribution in [0.2, 0.25) is 0 Å². The highest BCUT2D eigenvalue weighted by atomic mass is 32.1. The summed E-state index contributed by atoms with van der Waals surface area (Å²) in [6.45, 7) is 4.70. The van der Waals surface area contributed by atoms with E-state index >= 15 is 0 Å². The highest BCUT2D eigenvalue weighted by Gasteiger charge is 2.35. The van der Waals surface area contributed by atoms with Crippen molar-refractivity contribution >= 4 is 31.5 Å². The largest absolute Gasteiger partial charge is 0.228 e. The molecule has 0 bridgehead atoms. The molecular weight excluding hydrogens is 577 g/mol. The molecule has 0 atom stereocenters. The Kier molecular flexibility index (Phi) is 6.06. The molecule has 2 aromatic heterocycles. The molecule has 46 heavy (non-hydrogen) atoms. The highest BCUT2D eigenvalue weighted by molar-refractivity contribution is 7.26. The van der Waals surface area contributed by atoms with Crippen LogP contribution >= 0.6 is 11.3 Å². The van der Waals surface area contributed by atoms with E-state index in [9.17, 15) is 0 Å². The normalized spacial score (nSPS) is 13.2. The summed E-state index contributed by atoms with van der Waals surface area (Å²) in [6, 6.07) is 52.1. The third-order valence-corrected chi connectivity index (χ3v) is 10.7. The topological polar surface area (TPSA) is 25.8 Å². The van der Waals surface area contributed by atoms with Gasteiger partial charge in [-0.15, -0.1) is 11.3 Å². The highest BCUT2D eigenvalue weighted by Crippen LogP contribution is 2.51. The number of aromatic nitrogens is 2. The minimum Gasteiger partial charge on any atom is -0.228 e. The van der Waals surface area contributed by atoms with E-state index in [0.29, 0.717) is 0 Å². The minimum atomic E-state index is -0.100. The smallest absolute Gasteiger partial charge is 0.161 e. The van der Waals surface area contributed by atoms with Crippen molar-refractivity contribution in [3.05, 3.63) is 157 Å². The molecule has 9 rings (SSSR count). The van der Waals surface area contributed by atoms with Crippen LogP contribution in [0.15, 0.2) is 146 Å². The average molecular weight is 607 g/mol. The first-order valence-corrected chi connectivity index (χ1v) is 16.6. The molecule has 2 nitrogen and oxygen atoms in total. The summed E-state index contributed by atoms with van der Waals surface area (Å²) in [5.74, 6) is 0.732. The molecule has 0 N–H and O–H groups in total. The monoisotopic (exact) mass is 606 g/mol. The van der Waals surface area contributed by atoms with Gasteiger partial charge in [-0.25, -0.2) is 9.97 Å². The van der Waals surface area contributed by atoms with Gasteiger partial charge in [0.25, 0.3) is 0 Å². The van der Waals surface area contributed by atoms with E-state index in [0.717, 1.165) is 33.9 Å². The standard InChI is InChI=1S/C43H30N2S/c1-43(2)34-19-11-9-17-30(34)31-22-21-29(25-35(31)43)40-33(23-24-39-41(40)32-18-10-12-20-38(32)46-39)42-44-36(27-13-5-3-6-14-27)26-37(45-42)28-15-7-4-8-16-28/h3-26H,1-2H3. The number of rotatable bonds is 4. The minimum absolute atomic E-state index is 0.100. The summed E-state index contributed by atoms with van der Waals surface area (Å²) in [4.78, 5) is 10.6. The van der Waals surface area contributed by atoms with Crippen LogP contribution in [0.25, 0.3) is 76.3 Å². The van der Waals surface area contributed by atoms with Gasteiger partial charge in [0, 0.05) is 47.8 Å². The molecule has 0 saturated carbocycles. The van der Waals surface area contributed by atoms with Crippen LogP contribution in [0.4, 0.5) is 0 Å². The fraction of sp³-hybridized carbons (Fsp3) is 0.0698. The molecule has 6 aromatic carbocycles. The molecule has 0 saturated heterocycles. The summed E-state index contributed by atoms with van der Waals surface area (Å²) in [5.41, 5.74) is 12.7. The van der Waals surface area contributed by atoms with Crippen molar-refractivity contribution in [1.82, 2.24) is 9.97 Å². The Morgan fingerprint density at radius 2 is 1.09 bits per heavy atom. The van der Waals surface area contributed by atoms with E-state index in [-0.39, 0.29) is 5.41 Å². The van der Waals surface area contributed by atoms with E-state index < -0.39 is 0 Å². The zero-order valence-corrected chi connectivity index (χ0v) is 26.5. The molecule has 1 aliphatic rings. The Morgan fingerprint density at radius 1 is 0.478 bits per heavy atom. The van der Waals surface area contributed by atoms with Crippen LogP contribution in [0.1, 0.15) is 25.0 Å². The quantitative estimate of drug-likeness (QED) is 0.199. The molecule has 2 heterocycles. The number of fused-ring (bicyclic) bond motifs is 6. The third-order valence-electron chi connectivity index (χ3n) is 9.52. The zero-order chi connectivity index (χ0) is 30.8. The maximum absolute atomic E-state index is 5.28. The van der Waals surface area contributed by atoms with Crippen LogP contribution in [-0.4, -0.2) is 9.97 Å². The summed E-state index contributed by atoms with van der Waals surface area (Å²) in [7, 11) is 0. The molecule has 0 aliphatic heterocycles. The molecule has 0 unspecified atom stereocenters. The predicted molar refractivity (Wildman–Crippen MR) is 194 cm³/mol. The van der Waals surface area contributed by atoms with E-state index in [2.05, 4.69) is 147 Å². The van der Waals surface area contributed by atoms with Gasteiger partial charge in [-0.2, -0.15) is 0 Å². The second-order valence-corrected chi connectivity index (χ2v) is 13.7. The first-order chi connectivity index (χ1) is 22.6. The van der Waals surface area contributed by atoms with Gasteiger partial charge in [0.1, 0.15) is 0 Å². The second kappa shape index (κ2) is 10.3. The third kappa shape index (κ3) is 4.16. The summed E-state index contributed by atoms with van der Waals surface area (Å²) < 4.78 is 2.55. The van der Waals surface area contributed by atoms with Gasteiger partial charge in [-0.1, -0.05) is 129 Å². The van der Waals surface area contributed by atoms with Crippen LogP contribution in [0.3, 0.4) is 0 Å². The Hall–Kier alpha value is -5.38. The number of thiophene rings is 1. The van der Waals surface area contributed by atoms with Crippen molar-refractivity contribution in [2.75, 3.05) is 0 Å². The molecule has 0 amide bonds. The molecular formula is C43H30N2S. The maximum atomic E-state index is 5.28. The lowest BCUT2D eigenvalue weighted by atomic mass is 9.81. The Bertz CT molecular complexity index is 2380. The molecule has 0 spiro atoms. The number of hydrogen-bond acceptors (Lipinski definition) is 3. The molecule has 1 aliphatic carbocycles. The molecule has 0 fully saturated rings. The lowest BCUT2D eigenvalue weighted by Gasteiger charge is -2.22. The lowest BCUT2D eigenvalue weighted by Crippen LogP contribution is -2.14. The second-order valence-electron chi connectivity index (χ2n) is 12.6. The van der Waals surface area contributed by atoms with Crippen LogP contribution < -0.4 is 0 Å². The van der Waals surface area contributed by atoms with Gasteiger partial charge < -0.3 is 0 Å². The number of nitrogens with zero attached hydrogens (tertiary/aromatic N) is 2. The van der Waals surface area contributed by atoms with E-state index in [1.54, 1.807) is 0 Å².